The summed E-state index contributed by atoms with van der Waals surface area (Å²) < 4.78 is 13.8. The predicted octanol–water partition coefficient (Wildman–Crippen LogP) is 2.75. The molecule has 2 aliphatic rings. The summed E-state index contributed by atoms with van der Waals surface area (Å²) in [5.74, 6) is 0.878. The number of aromatic nitrogens is 1. The molecule has 0 spiro atoms. The fourth-order valence-electron chi connectivity index (χ4n) is 4.40. The lowest BCUT2D eigenvalue weighted by molar-refractivity contribution is -0.130. The highest BCUT2D eigenvalue weighted by Gasteiger charge is 2.49. The monoisotopic (exact) mass is 350 g/mol. The van der Waals surface area contributed by atoms with E-state index in [1.54, 1.807) is 31.3 Å². The zero-order valence-electron chi connectivity index (χ0n) is 14.5. The standard InChI is InChI=1S/C20H19FN4O/c1-13(26)25-11-16-10-24(20-15(9-22)5-3-7-23-20)12-18(16)19(25)14-4-2-6-17(21)8-14/h2-8,16,18-19H,10-12H2,1H3/t16-,18-,19+/m1/s1. The van der Waals surface area contributed by atoms with Crippen molar-refractivity contribution >= 4 is 11.7 Å². The van der Waals surface area contributed by atoms with Crippen LogP contribution >= 0.6 is 0 Å². The van der Waals surface area contributed by atoms with E-state index in [1.807, 2.05) is 11.0 Å². The van der Waals surface area contributed by atoms with Gasteiger partial charge in [-0.05, 0) is 29.8 Å². The molecule has 3 atom stereocenters. The lowest BCUT2D eigenvalue weighted by Gasteiger charge is -2.29. The van der Waals surface area contributed by atoms with E-state index in [2.05, 4.69) is 16.0 Å². The molecule has 6 heteroatoms. The van der Waals surface area contributed by atoms with Gasteiger partial charge in [0.15, 0.2) is 0 Å². The highest BCUT2D eigenvalue weighted by atomic mass is 19.1. The molecule has 0 bridgehead atoms. The van der Waals surface area contributed by atoms with Gasteiger partial charge in [0.05, 0.1) is 11.6 Å². The van der Waals surface area contributed by atoms with Crippen LogP contribution in [0.1, 0.15) is 24.1 Å². The maximum atomic E-state index is 13.8. The topological polar surface area (TPSA) is 60.2 Å². The molecule has 4 rings (SSSR count). The summed E-state index contributed by atoms with van der Waals surface area (Å²) in [5.41, 5.74) is 1.38. The lowest BCUT2D eigenvalue weighted by atomic mass is 9.89. The highest BCUT2D eigenvalue weighted by molar-refractivity contribution is 5.74. The van der Waals surface area contributed by atoms with Crippen molar-refractivity contribution in [2.75, 3.05) is 24.5 Å². The van der Waals surface area contributed by atoms with Crippen LogP contribution in [0.3, 0.4) is 0 Å². The van der Waals surface area contributed by atoms with Crippen LogP contribution < -0.4 is 4.90 Å². The smallest absolute Gasteiger partial charge is 0.219 e. The Labute approximate surface area is 151 Å². The number of hydrogen-bond acceptors (Lipinski definition) is 4. The Morgan fingerprint density at radius 1 is 1.27 bits per heavy atom. The van der Waals surface area contributed by atoms with E-state index >= 15 is 0 Å². The van der Waals surface area contributed by atoms with Gasteiger partial charge in [-0.3, -0.25) is 4.79 Å². The van der Waals surface area contributed by atoms with Gasteiger partial charge < -0.3 is 9.80 Å². The number of nitriles is 1. The number of rotatable bonds is 2. The first-order valence-corrected chi connectivity index (χ1v) is 8.71. The number of carbonyl (C=O) groups excluding carboxylic acids is 1. The van der Waals surface area contributed by atoms with Crippen LogP contribution in [-0.2, 0) is 4.79 Å². The molecule has 2 aliphatic heterocycles. The molecule has 0 radical (unpaired) electrons. The van der Waals surface area contributed by atoms with Crippen LogP contribution in [0.25, 0.3) is 0 Å². The van der Waals surface area contributed by atoms with Crippen molar-refractivity contribution in [2.24, 2.45) is 11.8 Å². The maximum absolute atomic E-state index is 13.8. The van der Waals surface area contributed by atoms with Gasteiger partial charge in [0, 0.05) is 44.6 Å². The van der Waals surface area contributed by atoms with Crippen molar-refractivity contribution in [3.63, 3.8) is 0 Å². The Hall–Kier alpha value is -2.94. The number of likely N-dealkylation sites (tertiary alicyclic amines) is 1. The Kier molecular flexibility index (Phi) is 4.08. The molecule has 2 saturated heterocycles. The van der Waals surface area contributed by atoms with Crippen molar-refractivity contribution in [1.82, 2.24) is 9.88 Å². The molecule has 1 aromatic carbocycles. The number of hydrogen-bond donors (Lipinski definition) is 0. The molecule has 0 saturated carbocycles. The highest BCUT2D eigenvalue weighted by Crippen LogP contribution is 2.46. The summed E-state index contributed by atoms with van der Waals surface area (Å²) in [6, 6.07) is 12.1. The van der Waals surface area contributed by atoms with Crippen molar-refractivity contribution in [2.45, 2.75) is 13.0 Å². The van der Waals surface area contributed by atoms with Crippen molar-refractivity contribution in [1.29, 1.82) is 5.26 Å². The molecule has 26 heavy (non-hydrogen) atoms. The molecule has 0 aliphatic carbocycles. The van der Waals surface area contributed by atoms with E-state index in [-0.39, 0.29) is 29.6 Å². The van der Waals surface area contributed by atoms with E-state index < -0.39 is 0 Å². The third-order valence-corrected chi connectivity index (χ3v) is 5.47. The fourth-order valence-corrected chi connectivity index (χ4v) is 4.40. The molecule has 1 aromatic heterocycles. The molecule has 1 amide bonds. The minimum Gasteiger partial charge on any atom is -0.355 e. The number of nitrogens with zero attached hydrogens (tertiary/aromatic N) is 4. The number of amides is 1. The average molecular weight is 350 g/mol. The summed E-state index contributed by atoms with van der Waals surface area (Å²) in [7, 11) is 0. The summed E-state index contributed by atoms with van der Waals surface area (Å²) >= 11 is 0. The maximum Gasteiger partial charge on any atom is 0.219 e. The Morgan fingerprint density at radius 3 is 2.85 bits per heavy atom. The molecule has 0 unspecified atom stereocenters. The molecular weight excluding hydrogens is 331 g/mol. The van der Waals surface area contributed by atoms with Gasteiger partial charge in [-0.15, -0.1) is 0 Å². The summed E-state index contributed by atoms with van der Waals surface area (Å²) in [5, 5.41) is 9.35. The minimum atomic E-state index is -0.291. The van der Waals surface area contributed by atoms with Gasteiger partial charge in [0.1, 0.15) is 17.7 Å². The zero-order valence-corrected chi connectivity index (χ0v) is 14.5. The van der Waals surface area contributed by atoms with Crippen LogP contribution in [0, 0.1) is 29.0 Å². The van der Waals surface area contributed by atoms with Crippen LogP contribution in [0.15, 0.2) is 42.6 Å². The van der Waals surface area contributed by atoms with Crippen LogP contribution in [0.5, 0.6) is 0 Å². The summed E-state index contributed by atoms with van der Waals surface area (Å²) in [4.78, 5) is 20.5. The van der Waals surface area contributed by atoms with E-state index in [0.717, 1.165) is 12.1 Å². The van der Waals surface area contributed by atoms with Crippen molar-refractivity contribution < 1.29 is 9.18 Å². The molecular formula is C20H19FN4O. The van der Waals surface area contributed by atoms with Gasteiger partial charge in [-0.2, -0.15) is 5.26 Å². The minimum absolute atomic E-state index is 0.00996. The van der Waals surface area contributed by atoms with Crippen molar-refractivity contribution in [3.8, 4) is 6.07 Å². The summed E-state index contributed by atoms with van der Waals surface area (Å²) in [6.07, 6.45) is 1.69. The second kappa shape index (κ2) is 6.41. The normalized spacial score (nSPS) is 24.4. The molecule has 5 nitrogen and oxygen atoms in total. The third kappa shape index (κ3) is 2.70. The Bertz CT molecular complexity index is 893. The Morgan fingerprint density at radius 2 is 2.12 bits per heavy atom. The second-order valence-corrected chi connectivity index (χ2v) is 6.99. The molecule has 3 heterocycles. The summed E-state index contributed by atoms with van der Waals surface area (Å²) in [6.45, 7) is 3.65. The van der Waals surface area contributed by atoms with Gasteiger partial charge in [-0.25, -0.2) is 9.37 Å². The van der Waals surface area contributed by atoms with Crippen LogP contribution in [-0.4, -0.2) is 35.4 Å². The molecule has 2 fully saturated rings. The molecule has 0 N–H and O–H groups in total. The predicted molar refractivity (Wildman–Crippen MR) is 94.7 cm³/mol. The number of halogens is 1. The quantitative estimate of drug-likeness (QED) is 0.836. The van der Waals surface area contributed by atoms with E-state index in [0.29, 0.717) is 24.5 Å². The molecule has 2 aromatic rings. The molecule has 132 valence electrons. The average Bonchev–Trinajstić information content (AvgIpc) is 3.19. The Balaban J connectivity index is 1.67. The number of carbonyl (C=O) groups is 1. The number of benzene rings is 1. The largest absolute Gasteiger partial charge is 0.355 e. The van der Waals surface area contributed by atoms with Gasteiger partial charge in [0.2, 0.25) is 5.91 Å². The number of pyridine rings is 1. The third-order valence-electron chi connectivity index (χ3n) is 5.47. The first kappa shape index (κ1) is 16.5. The first-order chi connectivity index (χ1) is 12.6. The van der Waals surface area contributed by atoms with E-state index in [1.165, 1.54) is 12.1 Å². The van der Waals surface area contributed by atoms with Gasteiger partial charge in [0.25, 0.3) is 0 Å². The van der Waals surface area contributed by atoms with E-state index in [9.17, 15) is 14.4 Å². The fraction of sp³-hybridized carbons (Fsp3) is 0.350. The van der Waals surface area contributed by atoms with Gasteiger partial charge >= 0.3 is 0 Å². The first-order valence-electron chi connectivity index (χ1n) is 8.71. The second-order valence-electron chi connectivity index (χ2n) is 6.99. The number of anilines is 1. The van der Waals surface area contributed by atoms with Crippen LogP contribution in [0.4, 0.5) is 10.2 Å². The van der Waals surface area contributed by atoms with E-state index in [4.69, 9.17) is 0 Å². The zero-order chi connectivity index (χ0) is 18.3. The van der Waals surface area contributed by atoms with Crippen molar-refractivity contribution in [3.05, 3.63) is 59.5 Å². The van der Waals surface area contributed by atoms with Gasteiger partial charge in [-0.1, -0.05) is 12.1 Å². The SMILES string of the molecule is CC(=O)N1C[C@H]2CN(c3ncccc3C#N)C[C@H]2[C@@H]1c1cccc(F)c1. The number of fused-ring (bicyclic) bond motifs is 1. The lowest BCUT2D eigenvalue weighted by Crippen LogP contribution is -2.34. The van der Waals surface area contributed by atoms with Crippen LogP contribution in [0.2, 0.25) is 0 Å².